The molecule has 0 radical (unpaired) electrons. The molecular weight excluding hydrogens is 1690 g/mol. The largest absolute Gasteiger partial charge is 0.488 e. The van der Waals surface area contributed by atoms with Gasteiger partial charge in [0.2, 0.25) is 0 Å². The minimum absolute atomic E-state index is 0. The van der Waals surface area contributed by atoms with Gasteiger partial charge in [-0.3, -0.25) is 19.5 Å². The normalized spacial score (nSPS) is 7.94. The third-order valence-corrected chi connectivity index (χ3v) is 15.0. The minimum atomic E-state index is -1.34. The van der Waals surface area contributed by atoms with Crippen molar-refractivity contribution in [3.63, 3.8) is 0 Å². The van der Waals surface area contributed by atoms with Crippen LogP contribution in [-0.2, 0) is 15.6 Å². The first-order chi connectivity index (χ1) is 58.5. The van der Waals surface area contributed by atoms with Gasteiger partial charge >= 0.3 is 7.12 Å². The molecule has 1 atom stereocenters. The Morgan fingerprint density at radius 3 is 0.803 bits per heavy atom. The molecule has 8 aromatic carbocycles. The van der Waals surface area contributed by atoms with E-state index in [2.05, 4.69) is 330 Å². The van der Waals surface area contributed by atoms with Crippen LogP contribution in [0.5, 0.6) is 0 Å². The summed E-state index contributed by atoms with van der Waals surface area (Å²) in [6.07, 6.45) is 15.0. The highest BCUT2D eigenvalue weighted by molar-refractivity contribution is 14.1. The quantitative estimate of drug-likeness (QED) is 0.0315. The summed E-state index contributed by atoms with van der Waals surface area (Å²) in [4.78, 5) is 12.7. The summed E-state index contributed by atoms with van der Waals surface area (Å²) in [6.45, 7) is 90.4. The first kappa shape index (κ1) is 164. The minimum Gasteiger partial charge on any atom is -0.481 e. The maximum Gasteiger partial charge on any atom is 0.488 e. The molecule has 0 saturated heterocycles. The van der Waals surface area contributed by atoms with Crippen molar-refractivity contribution < 1.29 is 34.7 Å². The number of benzene rings is 8. The third kappa shape index (κ3) is 133. The highest BCUT2D eigenvalue weighted by atomic mass is 127. The summed E-state index contributed by atoms with van der Waals surface area (Å²) in [5.74, 6) is 2.09. The second-order valence-corrected chi connectivity index (χ2v) is 29.1. The van der Waals surface area contributed by atoms with E-state index in [0.717, 1.165) is 34.5 Å². The van der Waals surface area contributed by atoms with E-state index in [0.29, 0.717) is 11.2 Å². The van der Waals surface area contributed by atoms with Gasteiger partial charge < -0.3 is 15.2 Å². The van der Waals surface area contributed by atoms with E-state index < -0.39 is 23.9 Å². The van der Waals surface area contributed by atoms with Crippen molar-refractivity contribution in [2.75, 3.05) is 17.3 Å². The highest BCUT2D eigenvalue weighted by Gasteiger charge is 2.10. The van der Waals surface area contributed by atoms with Crippen molar-refractivity contribution in [2.45, 2.75) is 404 Å². The van der Waals surface area contributed by atoms with Gasteiger partial charge in [0, 0.05) is 51.1 Å². The summed E-state index contributed by atoms with van der Waals surface area (Å²) < 4.78 is 16.0. The summed E-state index contributed by atoms with van der Waals surface area (Å²) in [7, 11) is -2.24. The molecule has 5 N–H and O–H groups in total. The smallest absolute Gasteiger partial charge is 0.481 e. The summed E-state index contributed by atoms with van der Waals surface area (Å²) >= 11 is 8.02. The zero-order chi connectivity index (χ0) is 98.7. The maximum absolute atomic E-state index is 11.9. The van der Waals surface area contributed by atoms with Gasteiger partial charge in [0.1, 0.15) is 0 Å². The Hall–Kier alpha value is -5.07. The number of thioether (sulfide) groups is 2. The zero-order valence-electron chi connectivity index (χ0n) is 87.5. The number of rotatable bonds is 9. The second-order valence-electron chi connectivity index (χ2n) is 22.5. The van der Waals surface area contributed by atoms with Crippen molar-refractivity contribution in [3.8, 4) is 22.3 Å². The molecule has 0 aliphatic carbocycles. The topological polar surface area (TPSA) is 135 Å². The van der Waals surface area contributed by atoms with Gasteiger partial charge in [0.25, 0.3) is 5.97 Å². The average Bonchev–Trinajstić information content (AvgIpc) is 1.65. The van der Waals surface area contributed by atoms with Crippen LogP contribution in [0.2, 0.25) is 0 Å². The van der Waals surface area contributed by atoms with Crippen LogP contribution < -0.4 is 5.46 Å². The molecular formula is C109H206BIO7S4. The van der Waals surface area contributed by atoms with E-state index in [1.165, 1.54) is 122 Å². The molecule has 0 fully saturated rings. The molecule has 1 heterocycles. The first-order valence-electron chi connectivity index (χ1n) is 46.9. The lowest BCUT2D eigenvalue weighted by Gasteiger charge is -2.07. The van der Waals surface area contributed by atoms with Crippen molar-refractivity contribution in [3.05, 3.63) is 216 Å². The van der Waals surface area contributed by atoms with Crippen LogP contribution in [0.25, 0.3) is 42.4 Å². The number of fused-ring (bicyclic) bond motifs is 3. The van der Waals surface area contributed by atoms with Crippen LogP contribution in [0.15, 0.2) is 227 Å². The number of aliphatic carboxylic acids is 1. The molecule has 0 amide bonds. The van der Waals surface area contributed by atoms with Crippen molar-refractivity contribution in [1.29, 1.82) is 0 Å². The number of hydrogen-bond donors (Lipinski definition) is 5. The van der Waals surface area contributed by atoms with Crippen molar-refractivity contribution in [2.24, 2.45) is 0 Å². The predicted octanol–water partition coefficient (Wildman–Crippen LogP) is 40.7. The zero-order valence-corrected chi connectivity index (χ0v) is 92.9. The predicted molar refractivity (Wildman–Crippen MR) is 596 cm³/mol. The lowest BCUT2D eigenvalue weighted by molar-refractivity contribution is -0.176. The first-order valence-corrected chi connectivity index (χ1v) is 52.1. The monoisotopic (exact) mass is 1890 g/mol. The Morgan fingerprint density at radius 2 is 0.541 bits per heavy atom. The van der Waals surface area contributed by atoms with Gasteiger partial charge in [-0.1, -0.05) is 558 Å². The number of halogens is 1. The molecule has 0 bridgehead atoms. The van der Waals surface area contributed by atoms with Crippen LogP contribution in [0, 0.1) is 3.57 Å². The van der Waals surface area contributed by atoms with Gasteiger partial charge in [-0.2, -0.15) is 0 Å². The number of carboxylic acids is 1. The van der Waals surface area contributed by atoms with Gasteiger partial charge in [0.05, 0.1) is 10.8 Å². The fourth-order valence-corrected chi connectivity index (χ4v) is 10.8. The Morgan fingerprint density at radius 1 is 0.328 bits per heavy atom. The number of hydrogen-bond acceptors (Lipinski definition) is 9. The summed E-state index contributed by atoms with van der Waals surface area (Å²) in [6, 6.07) is 71.4. The van der Waals surface area contributed by atoms with Gasteiger partial charge in [-0.25, -0.2) is 0 Å². The van der Waals surface area contributed by atoms with Crippen LogP contribution >= 0.6 is 57.5 Å². The molecule has 9 rings (SSSR count). The Kier molecular flexibility index (Phi) is 224. The van der Waals surface area contributed by atoms with E-state index in [9.17, 15) is 4.21 Å². The van der Waals surface area contributed by atoms with Crippen molar-refractivity contribution >= 4 is 107 Å². The molecule has 0 aliphatic rings. The highest BCUT2D eigenvalue weighted by Crippen LogP contribution is 2.34. The Labute approximate surface area is 794 Å². The van der Waals surface area contributed by atoms with Crippen LogP contribution in [0.4, 0.5) is 0 Å². The van der Waals surface area contributed by atoms with Crippen molar-refractivity contribution in [1.82, 2.24) is 0 Å². The van der Waals surface area contributed by atoms with Crippen LogP contribution in [0.1, 0.15) is 389 Å². The molecule has 1 aromatic heterocycles. The van der Waals surface area contributed by atoms with Crippen LogP contribution in [0.3, 0.4) is 0 Å². The number of carbonyl (C=O) groups is 1. The lowest BCUT2D eigenvalue weighted by atomic mass is 9.81. The Bertz CT molecular complexity index is 2970. The third-order valence-electron chi connectivity index (χ3n) is 9.27. The van der Waals surface area contributed by atoms with Gasteiger partial charge in [0.15, 0.2) is 0 Å². The lowest BCUT2D eigenvalue weighted by Crippen LogP contribution is -2.29. The molecule has 0 spiro atoms. The van der Waals surface area contributed by atoms with Gasteiger partial charge in [-0.15, -0.1) is 34.9 Å². The number of carboxylic acid groups (broad SMARTS) is 1. The second kappa shape index (κ2) is 166. The van der Waals surface area contributed by atoms with E-state index >= 15 is 0 Å². The molecule has 0 aliphatic heterocycles. The van der Waals surface area contributed by atoms with E-state index in [1.54, 1.807) is 24.3 Å². The maximum atomic E-state index is 11.9. The standard InChI is InChI=1S/C14H14OS.C14H14S.C12H8S.C8H9IS.C6H7BO2.12C3H8.C2H4O2.8C2H6.CH4.H2O2/c1-2-16(15)14-11-7-6-10-13(14)12-8-4-3-5-9-12;1-2-15-14-11-7-6-10-13(14)12-8-4-3-5-9-12;1-3-7-11-9(5-1)10-6-2-4-8-12(10)13-11;1-2-10-8-6-4-3-5-7(8)9;8-7(9)6-4-2-1-3-5-6;12*1-3-2;1-2(3)4;8*1-2;;1-2/h3-11H,2H2,1H3;3-11H,2H2,1H3;1-8H;3-6H,2H2,1H3;1-5,8-9H;12*3H2,1-2H3;1H3,(H,3,4);8*1-2H3;1H4;1-2H. The van der Waals surface area contributed by atoms with Crippen LogP contribution in [-0.4, -0.2) is 60.2 Å². The molecule has 122 heavy (non-hydrogen) atoms. The molecule has 13 heteroatoms. The van der Waals surface area contributed by atoms with E-state index in [1.807, 2.05) is 213 Å². The molecule has 9 aromatic rings. The van der Waals surface area contributed by atoms with Gasteiger partial charge in [-0.05, 0) is 98.2 Å². The Balaban J connectivity index is -0.0000000557. The van der Waals surface area contributed by atoms with E-state index in [-0.39, 0.29) is 7.43 Å². The molecule has 0 saturated carbocycles. The van der Waals surface area contributed by atoms with E-state index in [4.69, 9.17) is 30.5 Å². The number of thiophene rings is 1. The molecule has 718 valence electrons. The average molecular weight is 1890 g/mol. The summed E-state index contributed by atoms with van der Waals surface area (Å²) in [5.41, 5.74) is 5.36. The molecule has 7 nitrogen and oxygen atoms in total. The fraction of sp³-hybridized carbons (Fsp3) is 0.550. The fourth-order valence-electron chi connectivity index (χ4n) is 6.30. The SMILES string of the molecule is C.CC.CC.CC.CC.CC.CC.CC.CC.CC(=O)O.CCC.CCC.CCC.CCC.CCC.CCC.CCC.CCC.CCC.CCC.CCC.CCC.CCS(=O)c1ccccc1-c1ccccc1.CCSc1ccccc1-c1ccccc1.CCSc1ccccc1I.OB(O)c1ccccc1.OO.c1ccc2c(c1)sc1ccccc12. The molecule has 1 unspecified atom stereocenters. The summed E-state index contributed by atoms with van der Waals surface area (Å²) in [5, 5.41) is 39.3.